The topological polar surface area (TPSA) is 113 Å². The molecule has 1 N–H and O–H groups in total. The summed E-state index contributed by atoms with van der Waals surface area (Å²) in [6, 6.07) is -0.320. The maximum Gasteiger partial charge on any atom is 0.274 e. The molecular weight excluding hydrogens is 278 g/mol. The molecule has 10 heteroatoms. The Morgan fingerprint density at radius 2 is 2.19 bits per heavy atom. The van der Waals surface area contributed by atoms with Crippen molar-refractivity contribution < 1.29 is 9.56 Å². The van der Waals surface area contributed by atoms with Crippen molar-refractivity contribution >= 4 is 5.96 Å². The van der Waals surface area contributed by atoms with Gasteiger partial charge in [-0.2, -0.15) is 4.98 Å². The summed E-state index contributed by atoms with van der Waals surface area (Å²) in [5.41, 5.74) is 0. The van der Waals surface area contributed by atoms with E-state index in [9.17, 15) is 10.1 Å². The molecule has 1 aliphatic rings. The van der Waals surface area contributed by atoms with Crippen molar-refractivity contribution in [1.29, 1.82) is 0 Å². The van der Waals surface area contributed by atoms with Crippen LogP contribution in [0.25, 0.3) is 0 Å². The van der Waals surface area contributed by atoms with Gasteiger partial charge in [0.1, 0.15) is 11.1 Å². The Morgan fingerprint density at radius 3 is 2.76 bits per heavy atom. The van der Waals surface area contributed by atoms with E-state index >= 15 is 0 Å². The lowest BCUT2D eigenvalue weighted by Crippen LogP contribution is -2.56. The van der Waals surface area contributed by atoms with Crippen LogP contribution < -0.4 is 5.32 Å². The summed E-state index contributed by atoms with van der Waals surface area (Å²) < 4.78 is 5.26. The molecule has 0 bridgehead atoms. The Morgan fingerprint density at radius 1 is 1.48 bits per heavy atom. The quantitative estimate of drug-likeness (QED) is 0.633. The van der Waals surface area contributed by atoms with E-state index in [-0.39, 0.29) is 17.9 Å². The Labute approximate surface area is 121 Å². The number of hydrazone groups is 1. The Kier molecular flexibility index (Phi) is 4.36. The van der Waals surface area contributed by atoms with E-state index in [4.69, 9.17) is 4.52 Å². The molecule has 0 radical (unpaired) electrons. The number of nitrogens with one attached hydrogen (secondary N) is 1. The maximum atomic E-state index is 10.6. The molecule has 0 aromatic carbocycles. The van der Waals surface area contributed by atoms with Crippen molar-refractivity contribution in [3.05, 3.63) is 21.8 Å². The van der Waals surface area contributed by atoms with Gasteiger partial charge in [0.25, 0.3) is 5.96 Å². The number of nitrogens with zero attached hydrogens (tertiary/aromatic N) is 6. The third kappa shape index (κ3) is 3.45. The molecule has 1 unspecified atom stereocenters. The molecule has 1 fully saturated rings. The first-order valence-corrected chi connectivity index (χ1v) is 6.64. The SMILES string of the molecule is CC(C)c1noc(C(C)N2CN(C)CN/C2=N\[N+](=O)[O-])n1. The molecule has 1 aromatic heterocycles. The highest BCUT2D eigenvalue weighted by molar-refractivity contribution is 5.80. The highest BCUT2D eigenvalue weighted by Gasteiger charge is 2.30. The zero-order valence-corrected chi connectivity index (χ0v) is 12.5. The van der Waals surface area contributed by atoms with Gasteiger partial charge in [0.05, 0.1) is 13.3 Å². The largest absolute Gasteiger partial charge is 0.338 e. The van der Waals surface area contributed by atoms with Gasteiger partial charge in [-0.15, -0.1) is 0 Å². The molecule has 0 saturated carbocycles. The van der Waals surface area contributed by atoms with Crippen molar-refractivity contribution in [2.24, 2.45) is 5.10 Å². The molecule has 2 heterocycles. The first kappa shape index (κ1) is 15.2. The maximum absolute atomic E-state index is 10.6. The van der Waals surface area contributed by atoms with Crippen LogP contribution in [0.4, 0.5) is 0 Å². The molecule has 0 aliphatic carbocycles. The van der Waals surface area contributed by atoms with Crippen LogP contribution in [0.2, 0.25) is 0 Å². The standard InChI is InChI=1S/C11H19N7O3/c1-7(2)9-13-10(21-15-9)8(3)17-6-16(4)5-12-11(17)14-18(19)20/h7-8H,5-6H2,1-4H3,(H,12,14). The molecule has 10 nitrogen and oxygen atoms in total. The van der Waals surface area contributed by atoms with E-state index in [1.807, 2.05) is 32.7 Å². The van der Waals surface area contributed by atoms with Crippen LogP contribution in [0.3, 0.4) is 0 Å². The molecule has 0 amide bonds. The van der Waals surface area contributed by atoms with Crippen molar-refractivity contribution in [1.82, 2.24) is 25.3 Å². The highest BCUT2D eigenvalue weighted by atomic mass is 16.7. The second-order valence-electron chi connectivity index (χ2n) is 5.29. The summed E-state index contributed by atoms with van der Waals surface area (Å²) in [5, 5.41) is 20.1. The van der Waals surface area contributed by atoms with Gasteiger partial charge in [0.15, 0.2) is 10.9 Å². The normalized spacial score (nSPS) is 19.9. The Hall–Kier alpha value is -2.23. The number of rotatable bonds is 4. The average Bonchev–Trinajstić information content (AvgIpc) is 2.89. The molecule has 0 spiro atoms. The Bertz CT molecular complexity index is 542. The van der Waals surface area contributed by atoms with E-state index in [0.29, 0.717) is 25.1 Å². The van der Waals surface area contributed by atoms with Gasteiger partial charge in [-0.25, -0.2) is 10.1 Å². The average molecular weight is 297 g/mol. The van der Waals surface area contributed by atoms with Crippen molar-refractivity contribution in [3.8, 4) is 0 Å². The fraction of sp³-hybridized carbons (Fsp3) is 0.727. The van der Waals surface area contributed by atoms with Gasteiger partial charge in [0.2, 0.25) is 5.89 Å². The van der Waals surface area contributed by atoms with Crippen molar-refractivity contribution in [3.63, 3.8) is 0 Å². The van der Waals surface area contributed by atoms with Crippen LogP contribution >= 0.6 is 0 Å². The second kappa shape index (κ2) is 6.04. The van der Waals surface area contributed by atoms with Crippen LogP contribution in [0.15, 0.2) is 9.62 Å². The fourth-order valence-electron chi connectivity index (χ4n) is 1.95. The van der Waals surface area contributed by atoms with E-state index < -0.39 is 5.03 Å². The molecule has 21 heavy (non-hydrogen) atoms. The van der Waals surface area contributed by atoms with Crippen LogP contribution in [0.1, 0.15) is 44.4 Å². The van der Waals surface area contributed by atoms with E-state index in [2.05, 4.69) is 20.6 Å². The van der Waals surface area contributed by atoms with Gasteiger partial charge in [-0.1, -0.05) is 19.0 Å². The minimum atomic E-state index is -0.721. The smallest absolute Gasteiger partial charge is 0.274 e. The number of nitro groups is 1. The first-order valence-electron chi connectivity index (χ1n) is 6.64. The summed E-state index contributed by atoms with van der Waals surface area (Å²) in [6.07, 6.45) is 0. The van der Waals surface area contributed by atoms with Gasteiger partial charge < -0.3 is 14.7 Å². The fourth-order valence-corrected chi connectivity index (χ4v) is 1.95. The van der Waals surface area contributed by atoms with Crippen molar-refractivity contribution in [2.75, 3.05) is 20.4 Å². The van der Waals surface area contributed by atoms with Gasteiger partial charge >= 0.3 is 0 Å². The number of hydrogen-bond donors (Lipinski definition) is 1. The van der Waals surface area contributed by atoms with Crippen LogP contribution in [0.5, 0.6) is 0 Å². The first-order chi connectivity index (χ1) is 9.88. The van der Waals surface area contributed by atoms with Gasteiger partial charge in [0, 0.05) is 5.92 Å². The second-order valence-corrected chi connectivity index (χ2v) is 5.29. The molecule has 2 rings (SSSR count). The molecule has 1 saturated heterocycles. The number of hydrogen-bond acceptors (Lipinski definition) is 6. The molecule has 1 atom stereocenters. The minimum Gasteiger partial charge on any atom is -0.338 e. The Balaban J connectivity index is 2.24. The monoisotopic (exact) mass is 297 g/mol. The third-order valence-corrected chi connectivity index (χ3v) is 3.15. The van der Waals surface area contributed by atoms with Gasteiger partial charge in [-0.3, -0.25) is 4.90 Å². The summed E-state index contributed by atoms with van der Waals surface area (Å²) in [7, 11) is 1.89. The third-order valence-electron chi connectivity index (χ3n) is 3.15. The summed E-state index contributed by atoms with van der Waals surface area (Å²) in [5.74, 6) is 1.37. The van der Waals surface area contributed by atoms with Crippen LogP contribution in [0, 0.1) is 10.1 Å². The van der Waals surface area contributed by atoms with Crippen LogP contribution in [-0.4, -0.2) is 51.3 Å². The van der Waals surface area contributed by atoms with Gasteiger partial charge in [-0.05, 0) is 14.0 Å². The molecular formula is C11H19N7O3. The van der Waals surface area contributed by atoms with Crippen molar-refractivity contribution in [2.45, 2.75) is 32.7 Å². The lowest BCUT2D eigenvalue weighted by molar-refractivity contribution is -0.486. The summed E-state index contributed by atoms with van der Waals surface area (Å²) >= 11 is 0. The summed E-state index contributed by atoms with van der Waals surface area (Å²) in [4.78, 5) is 18.6. The highest BCUT2D eigenvalue weighted by Crippen LogP contribution is 2.22. The predicted octanol–water partition coefficient (Wildman–Crippen LogP) is 0.554. The molecule has 1 aliphatic heterocycles. The van der Waals surface area contributed by atoms with E-state index in [1.165, 1.54) is 0 Å². The lowest BCUT2D eigenvalue weighted by Gasteiger charge is -2.37. The number of guanidine groups is 1. The summed E-state index contributed by atoms with van der Waals surface area (Å²) in [6.45, 7) is 6.73. The molecule has 1 aromatic rings. The lowest BCUT2D eigenvalue weighted by atomic mass is 10.2. The zero-order valence-electron chi connectivity index (χ0n) is 12.5. The van der Waals surface area contributed by atoms with Crippen LogP contribution in [-0.2, 0) is 0 Å². The predicted molar refractivity (Wildman–Crippen MR) is 73.7 cm³/mol. The molecule has 116 valence electrons. The minimum absolute atomic E-state index is 0.156. The number of aromatic nitrogens is 2. The van der Waals surface area contributed by atoms with E-state index in [1.54, 1.807) is 4.90 Å². The zero-order chi connectivity index (χ0) is 15.6. The van der Waals surface area contributed by atoms with E-state index in [0.717, 1.165) is 0 Å².